The van der Waals surface area contributed by atoms with Crippen molar-refractivity contribution < 1.29 is 24.7 Å². The first-order valence-electron chi connectivity index (χ1n) is 3.60. The van der Waals surface area contributed by atoms with E-state index in [1.165, 1.54) is 0 Å². The number of rotatable bonds is 3. The molecule has 0 unspecified atom stereocenters. The first-order chi connectivity index (χ1) is 6.93. The molecule has 2 N–H and O–H groups in total. The normalized spacial score (nSPS) is 9.60. The Labute approximate surface area is 82.7 Å². The van der Waals surface area contributed by atoms with Gasteiger partial charge in [-0.3, -0.25) is 10.1 Å². The molecule has 7 heteroatoms. The highest BCUT2D eigenvalue weighted by atomic mass is 16.6. The Kier molecular flexibility index (Phi) is 2.65. The summed E-state index contributed by atoms with van der Waals surface area (Å²) in [5.41, 5.74) is -1.79. The van der Waals surface area contributed by atoms with Gasteiger partial charge >= 0.3 is 11.9 Å². The molecule has 1 aromatic carbocycles. The molecule has 0 bridgehead atoms. The van der Waals surface area contributed by atoms with Gasteiger partial charge in [0.1, 0.15) is 5.56 Å². The number of benzene rings is 1. The van der Waals surface area contributed by atoms with Crippen LogP contribution in [0.25, 0.3) is 0 Å². The third-order valence-corrected chi connectivity index (χ3v) is 1.59. The van der Waals surface area contributed by atoms with Gasteiger partial charge in [0, 0.05) is 12.1 Å². The zero-order chi connectivity index (χ0) is 11.6. The molecule has 7 nitrogen and oxygen atoms in total. The van der Waals surface area contributed by atoms with E-state index in [1.54, 1.807) is 0 Å². The van der Waals surface area contributed by atoms with Crippen molar-refractivity contribution in [2.24, 2.45) is 0 Å². The summed E-state index contributed by atoms with van der Waals surface area (Å²) in [6.45, 7) is 0. The maximum atomic E-state index is 10.6. The lowest BCUT2D eigenvalue weighted by molar-refractivity contribution is -0.385. The van der Waals surface area contributed by atoms with Crippen molar-refractivity contribution in [3.05, 3.63) is 39.4 Å². The Balaban J connectivity index is 3.40. The third-order valence-electron chi connectivity index (χ3n) is 1.59. The summed E-state index contributed by atoms with van der Waals surface area (Å²) in [6.07, 6.45) is 0. The van der Waals surface area contributed by atoms with E-state index in [2.05, 4.69) is 6.07 Å². The van der Waals surface area contributed by atoms with Crippen LogP contribution in [0.3, 0.4) is 0 Å². The minimum absolute atomic E-state index is 0.432. The van der Waals surface area contributed by atoms with Crippen molar-refractivity contribution in [3.63, 3.8) is 0 Å². The molecule has 0 aliphatic carbocycles. The Hall–Kier alpha value is -2.44. The van der Waals surface area contributed by atoms with Crippen LogP contribution in [0.5, 0.6) is 0 Å². The van der Waals surface area contributed by atoms with Crippen molar-refractivity contribution in [2.45, 2.75) is 0 Å². The molecule has 0 aromatic heterocycles. The molecule has 0 fully saturated rings. The van der Waals surface area contributed by atoms with Gasteiger partial charge in [-0.25, -0.2) is 9.59 Å². The average Bonchev–Trinajstić information content (AvgIpc) is 2.16. The molecular weight excluding hydrogens is 206 g/mol. The fourth-order valence-corrected chi connectivity index (χ4v) is 0.930. The number of aromatic carboxylic acids is 2. The summed E-state index contributed by atoms with van der Waals surface area (Å²) in [7, 11) is 0. The molecular formula is C8H4NO6. The number of nitro groups is 1. The molecule has 15 heavy (non-hydrogen) atoms. The predicted octanol–water partition coefficient (Wildman–Crippen LogP) is 0.791. The number of carboxylic acids is 2. The molecule has 0 saturated carbocycles. The molecule has 0 aliphatic rings. The number of carbonyl (C=O) groups is 2. The second kappa shape index (κ2) is 3.74. The quantitative estimate of drug-likeness (QED) is 0.562. The van der Waals surface area contributed by atoms with Crippen LogP contribution in [-0.4, -0.2) is 27.1 Å². The zero-order valence-corrected chi connectivity index (χ0v) is 7.13. The molecule has 0 saturated heterocycles. The third kappa shape index (κ3) is 2.08. The molecule has 0 aliphatic heterocycles. The Morgan fingerprint density at radius 3 is 2.33 bits per heavy atom. The van der Waals surface area contributed by atoms with E-state index in [0.29, 0.717) is 6.07 Å². The van der Waals surface area contributed by atoms with Crippen LogP contribution >= 0.6 is 0 Å². The number of nitrogens with zero attached hydrogens (tertiary/aromatic N) is 1. The van der Waals surface area contributed by atoms with Gasteiger partial charge in [0.15, 0.2) is 0 Å². The molecule has 0 amide bonds. The number of carboxylic acid groups (broad SMARTS) is 2. The smallest absolute Gasteiger partial charge is 0.342 e. The van der Waals surface area contributed by atoms with E-state index in [9.17, 15) is 19.7 Å². The van der Waals surface area contributed by atoms with E-state index < -0.39 is 33.7 Å². The largest absolute Gasteiger partial charge is 0.478 e. The lowest BCUT2D eigenvalue weighted by atomic mass is 10.1. The molecule has 1 radical (unpaired) electrons. The molecule has 77 valence electrons. The standard InChI is InChI=1S/C8H4NO6/c10-7(11)4-1-2-6(9(14)15)5(3-4)8(12)13/h2-3H,(H,10,11)(H,12,13). The molecule has 1 aromatic rings. The summed E-state index contributed by atoms with van der Waals surface area (Å²) in [6, 6.07) is 3.53. The maximum absolute atomic E-state index is 10.6. The van der Waals surface area contributed by atoms with Crippen molar-refractivity contribution in [1.82, 2.24) is 0 Å². The van der Waals surface area contributed by atoms with E-state index in [1.807, 2.05) is 0 Å². The van der Waals surface area contributed by atoms with Crippen LogP contribution in [0.1, 0.15) is 20.7 Å². The fourth-order valence-electron chi connectivity index (χ4n) is 0.930. The van der Waals surface area contributed by atoms with Crippen LogP contribution in [0.2, 0.25) is 0 Å². The van der Waals surface area contributed by atoms with Crippen LogP contribution in [-0.2, 0) is 0 Å². The van der Waals surface area contributed by atoms with E-state index in [0.717, 1.165) is 6.07 Å². The summed E-state index contributed by atoms with van der Waals surface area (Å²) in [5.74, 6) is -2.95. The van der Waals surface area contributed by atoms with Gasteiger partial charge in [0.25, 0.3) is 5.69 Å². The number of hydrogen-bond acceptors (Lipinski definition) is 4. The Bertz CT molecular complexity index is 452. The minimum Gasteiger partial charge on any atom is -0.478 e. The fraction of sp³-hybridized carbons (Fsp3) is 0. The van der Waals surface area contributed by atoms with Gasteiger partial charge in [-0.15, -0.1) is 0 Å². The van der Waals surface area contributed by atoms with Gasteiger partial charge in [-0.1, -0.05) is 0 Å². The summed E-state index contributed by atoms with van der Waals surface area (Å²) in [5, 5.41) is 27.5. The molecule has 0 heterocycles. The minimum atomic E-state index is -1.56. The van der Waals surface area contributed by atoms with Crippen molar-refractivity contribution in [3.8, 4) is 0 Å². The van der Waals surface area contributed by atoms with E-state index in [4.69, 9.17) is 10.2 Å². The predicted molar refractivity (Wildman–Crippen MR) is 45.9 cm³/mol. The molecule has 0 spiro atoms. The first-order valence-corrected chi connectivity index (χ1v) is 3.60. The summed E-state index contributed by atoms with van der Waals surface area (Å²) < 4.78 is 0. The highest BCUT2D eigenvalue weighted by Gasteiger charge is 2.21. The SMILES string of the molecule is O=C(O)c1[c]cc([N+](=O)[O-])c(C(=O)O)c1. The average molecular weight is 210 g/mol. The van der Waals surface area contributed by atoms with Crippen molar-refractivity contribution in [2.75, 3.05) is 0 Å². The Morgan fingerprint density at radius 2 is 1.93 bits per heavy atom. The van der Waals surface area contributed by atoms with Crippen LogP contribution < -0.4 is 0 Å². The monoisotopic (exact) mass is 210 g/mol. The lowest BCUT2D eigenvalue weighted by Gasteiger charge is -1.98. The summed E-state index contributed by atoms with van der Waals surface area (Å²) in [4.78, 5) is 30.5. The second-order valence-electron chi connectivity index (χ2n) is 2.51. The Morgan fingerprint density at radius 1 is 1.33 bits per heavy atom. The van der Waals surface area contributed by atoms with Crippen LogP contribution in [0.4, 0.5) is 5.69 Å². The van der Waals surface area contributed by atoms with Gasteiger partial charge < -0.3 is 10.2 Å². The van der Waals surface area contributed by atoms with Gasteiger partial charge in [-0.2, -0.15) is 0 Å². The highest BCUT2D eigenvalue weighted by Crippen LogP contribution is 2.19. The van der Waals surface area contributed by atoms with Gasteiger partial charge in [0.05, 0.1) is 10.5 Å². The van der Waals surface area contributed by atoms with Crippen molar-refractivity contribution >= 4 is 17.6 Å². The topological polar surface area (TPSA) is 118 Å². The highest BCUT2D eigenvalue weighted by molar-refractivity contribution is 5.96. The number of hydrogen-bond donors (Lipinski definition) is 2. The van der Waals surface area contributed by atoms with E-state index >= 15 is 0 Å². The lowest BCUT2D eigenvalue weighted by Crippen LogP contribution is -2.06. The first kappa shape index (κ1) is 10.6. The van der Waals surface area contributed by atoms with Crippen LogP contribution in [0.15, 0.2) is 12.1 Å². The second-order valence-corrected chi connectivity index (χ2v) is 2.51. The van der Waals surface area contributed by atoms with Gasteiger partial charge in [0.2, 0.25) is 0 Å². The van der Waals surface area contributed by atoms with Crippen LogP contribution in [0, 0.1) is 16.2 Å². The molecule has 1 rings (SSSR count). The van der Waals surface area contributed by atoms with E-state index in [-0.39, 0.29) is 0 Å². The van der Waals surface area contributed by atoms with Crippen molar-refractivity contribution in [1.29, 1.82) is 0 Å². The summed E-state index contributed by atoms with van der Waals surface area (Å²) >= 11 is 0. The number of nitro benzene ring substituents is 1. The maximum Gasteiger partial charge on any atom is 0.342 e. The van der Waals surface area contributed by atoms with Gasteiger partial charge in [-0.05, 0) is 6.07 Å². The zero-order valence-electron chi connectivity index (χ0n) is 7.13. The molecule has 0 atom stereocenters.